The van der Waals surface area contributed by atoms with Crippen LogP contribution in [-0.4, -0.2) is 39.0 Å². The van der Waals surface area contributed by atoms with Gasteiger partial charge in [-0.05, 0) is 50.5 Å². The average Bonchev–Trinajstić information content (AvgIpc) is 3.21. The minimum atomic E-state index is -0.814. The van der Waals surface area contributed by atoms with Gasteiger partial charge < -0.3 is 10.2 Å². The summed E-state index contributed by atoms with van der Waals surface area (Å²) in [5.74, 6) is -1.41. The highest BCUT2D eigenvalue weighted by molar-refractivity contribution is 8.00. The standard InChI is InChI=1S/C22H23F2N5OS/c1-15(20(30)25-19-17(23)11-8-12-18(19)24)31-22-27-26-21(28-13-6-3-7-14-28)29(22)16-9-4-2-5-10-16/h2,4-5,8-12,15H,3,6-7,13-14H2,1H3,(H,25,30). The molecule has 0 bridgehead atoms. The number of piperidine rings is 1. The molecule has 3 aromatic rings. The van der Waals surface area contributed by atoms with Crippen LogP contribution in [0.15, 0.2) is 53.7 Å². The van der Waals surface area contributed by atoms with E-state index >= 15 is 0 Å². The van der Waals surface area contributed by atoms with Crippen molar-refractivity contribution < 1.29 is 13.6 Å². The summed E-state index contributed by atoms with van der Waals surface area (Å²) in [5, 5.41) is 11.0. The molecule has 0 radical (unpaired) electrons. The van der Waals surface area contributed by atoms with Crippen LogP contribution in [0.2, 0.25) is 0 Å². The molecule has 0 spiro atoms. The fourth-order valence-electron chi connectivity index (χ4n) is 3.49. The molecule has 1 saturated heterocycles. The number of para-hydroxylation sites is 2. The van der Waals surface area contributed by atoms with Crippen molar-refractivity contribution in [1.82, 2.24) is 14.8 Å². The summed E-state index contributed by atoms with van der Waals surface area (Å²) < 4.78 is 29.7. The molecule has 1 aliphatic rings. The molecule has 1 unspecified atom stereocenters. The molecule has 1 N–H and O–H groups in total. The molecular weight excluding hydrogens is 420 g/mol. The van der Waals surface area contributed by atoms with Crippen LogP contribution < -0.4 is 10.2 Å². The van der Waals surface area contributed by atoms with Crippen molar-refractivity contribution >= 4 is 29.3 Å². The Kier molecular flexibility index (Phi) is 6.50. The number of carbonyl (C=O) groups excluding carboxylic acids is 1. The highest BCUT2D eigenvalue weighted by Crippen LogP contribution is 2.31. The van der Waals surface area contributed by atoms with E-state index in [9.17, 15) is 13.6 Å². The Morgan fingerprint density at radius 1 is 1.00 bits per heavy atom. The number of benzene rings is 2. The van der Waals surface area contributed by atoms with E-state index in [0.717, 1.165) is 49.7 Å². The second kappa shape index (κ2) is 9.47. The topological polar surface area (TPSA) is 63.1 Å². The number of anilines is 2. The smallest absolute Gasteiger partial charge is 0.237 e. The molecule has 31 heavy (non-hydrogen) atoms. The molecule has 9 heteroatoms. The van der Waals surface area contributed by atoms with E-state index in [-0.39, 0.29) is 0 Å². The Labute approximate surface area is 183 Å². The van der Waals surface area contributed by atoms with Crippen LogP contribution in [0.4, 0.5) is 20.4 Å². The predicted molar refractivity (Wildman–Crippen MR) is 118 cm³/mol. The second-order valence-corrected chi connectivity index (χ2v) is 8.66. The van der Waals surface area contributed by atoms with Crippen LogP contribution in [0.1, 0.15) is 26.2 Å². The number of nitrogens with zero attached hydrogens (tertiary/aromatic N) is 4. The maximum absolute atomic E-state index is 13.9. The Hall–Kier alpha value is -2.94. The van der Waals surface area contributed by atoms with Gasteiger partial charge in [0.05, 0.1) is 10.9 Å². The minimum absolute atomic E-state index is 0.446. The van der Waals surface area contributed by atoms with Gasteiger partial charge in [0.25, 0.3) is 0 Å². The SMILES string of the molecule is CC(Sc1nnc(N2CCCCC2)n1-c1ccccc1)C(=O)Nc1c(F)cccc1F. The molecule has 2 heterocycles. The Bertz CT molecular complexity index is 1030. The maximum atomic E-state index is 13.9. The van der Waals surface area contributed by atoms with Gasteiger partial charge in [-0.2, -0.15) is 0 Å². The third-order valence-corrected chi connectivity index (χ3v) is 6.17. The van der Waals surface area contributed by atoms with Gasteiger partial charge in [-0.15, -0.1) is 10.2 Å². The monoisotopic (exact) mass is 443 g/mol. The number of aromatic nitrogens is 3. The first-order valence-electron chi connectivity index (χ1n) is 10.2. The molecule has 162 valence electrons. The molecule has 1 atom stereocenters. The number of nitrogens with one attached hydrogen (secondary N) is 1. The first-order valence-corrected chi connectivity index (χ1v) is 11.1. The lowest BCUT2D eigenvalue weighted by molar-refractivity contribution is -0.115. The quantitative estimate of drug-likeness (QED) is 0.562. The van der Waals surface area contributed by atoms with Crippen molar-refractivity contribution in [1.29, 1.82) is 0 Å². The fourth-order valence-corrected chi connectivity index (χ4v) is 4.36. The number of rotatable bonds is 6. The van der Waals surface area contributed by atoms with Gasteiger partial charge in [0.1, 0.15) is 17.3 Å². The summed E-state index contributed by atoms with van der Waals surface area (Å²) in [5.41, 5.74) is 0.446. The van der Waals surface area contributed by atoms with E-state index in [1.165, 1.54) is 24.2 Å². The number of hydrogen-bond acceptors (Lipinski definition) is 5. The summed E-state index contributed by atoms with van der Waals surface area (Å²) in [6.45, 7) is 3.47. The number of hydrogen-bond donors (Lipinski definition) is 1. The summed E-state index contributed by atoms with van der Waals surface area (Å²) in [7, 11) is 0. The molecule has 2 aromatic carbocycles. The first kappa shape index (κ1) is 21.3. The highest BCUT2D eigenvalue weighted by Gasteiger charge is 2.25. The van der Waals surface area contributed by atoms with Crippen molar-refractivity contribution in [3.05, 3.63) is 60.2 Å². The third kappa shape index (κ3) is 4.71. The van der Waals surface area contributed by atoms with E-state index in [1.54, 1.807) is 6.92 Å². The molecular formula is C22H23F2N5OS. The van der Waals surface area contributed by atoms with E-state index < -0.39 is 28.5 Å². The van der Waals surface area contributed by atoms with Crippen molar-refractivity contribution in [2.45, 2.75) is 36.6 Å². The van der Waals surface area contributed by atoms with Crippen LogP contribution in [0.25, 0.3) is 5.69 Å². The van der Waals surface area contributed by atoms with Gasteiger partial charge >= 0.3 is 0 Å². The van der Waals surface area contributed by atoms with Gasteiger partial charge in [-0.25, -0.2) is 8.78 Å². The lowest BCUT2D eigenvalue weighted by atomic mass is 10.1. The number of amides is 1. The van der Waals surface area contributed by atoms with Crippen molar-refractivity contribution in [3.63, 3.8) is 0 Å². The van der Waals surface area contributed by atoms with Crippen LogP contribution in [0.5, 0.6) is 0 Å². The molecule has 4 rings (SSSR count). The predicted octanol–water partition coefficient (Wildman–Crippen LogP) is 4.66. The Balaban J connectivity index is 1.59. The van der Waals surface area contributed by atoms with Crippen molar-refractivity contribution in [2.24, 2.45) is 0 Å². The number of thioether (sulfide) groups is 1. The first-order chi connectivity index (χ1) is 15.0. The average molecular weight is 444 g/mol. The van der Waals surface area contributed by atoms with E-state index in [4.69, 9.17) is 0 Å². The van der Waals surface area contributed by atoms with Crippen molar-refractivity contribution in [3.8, 4) is 5.69 Å². The third-order valence-electron chi connectivity index (χ3n) is 5.13. The molecule has 1 amide bonds. The molecule has 1 fully saturated rings. The van der Waals surface area contributed by atoms with E-state index in [1.807, 2.05) is 34.9 Å². The zero-order valence-electron chi connectivity index (χ0n) is 17.1. The number of halogens is 2. The lowest BCUT2D eigenvalue weighted by Gasteiger charge is -2.28. The lowest BCUT2D eigenvalue weighted by Crippen LogP contribution is -2.31. The summed E-state index contributed by atoms with van der Waals surface area (Å²) in [6, 6.07) is 13.2. The Morgan fingerprint density at radius 2 is 1.68 bits per heavy atom. The van der Waals surface area contributed by atoms with Gasteiger partial charge in [0.2, 0.25) is 11.9 Å². The maximum Gasteiger partial charge on any atom is 0.237 e. The summed E-state index contributed by atoms with van der Waals surface area (Å²) in [6.07, 6.45) is 3.38. The normalized spacial score (nSPS) is 15.0. The molecule has 1 aliphatic heterocycles. The molecule has 6 nitrogen and oxygen atoms in total. The van der Waals surface area contributed by atoms with E-state index in [0.29, 0.717) is 5.16 Å². The molecule has 0 saturated carbocycles. The Morgan fingerprint density at radius 3 is 2.35 bits per heavy atom. The zero-order valence-corrected chi connectivity index (χ0v) is 17.9. The van der Waals surface area contributed by atoms with Gasteiger partial charge in [-0.1, -0.05) is 36.0 Å². The summed E-state index contributed by atoms with van der Waals surface area (Å²) >= 11 is 1.19. The highest BCUT2D eigenvalue weighted by atomic mass is 32.2. The van der Waals surface area contributed by atoms with E-state index in [2.05, 4.69) is 20.4 Å². The van der Waals surface area contributed by atoms with Crippen molar-refractivity contribution in [2.75, 3.05) is 23.3 Å². The van der Waals surface area contributed by atoms with Crippen LogP contribution in [0.3, 0.4) is 0 Å². The second-order valence-electron chi connectivity index (χ2n) is 7.35. The minimum Gasteiger partial charge on any atom is -0.341 e. The van der Waals surface area contributed by atoms with Crippen LogP contribution >= 0.6 is 11.8 Å². The van der Waals surface area contributed by atoms with Gasteiger partial charge in [0, 0.05) is 13.1 Å². The largest absolute Gasteiger partial charge is 0.341 e. The fraction of sp³-hybridized carbons (Fsp3) is 0.318. The molecule has 0 aliphatic carbocycles. The van der Waals surface area contributed by atoms with Crippen LogP contribution in [0, 0.1) is 11.6 Å². The zero-order chi connectivity index (χ0) is 21.8. The van der Waals surface area contributed by atoms with Gasteiger partial charge in [-0.3, -0.25) is 9.36 Å². The van der Waals surface area contributed by atoms with Crippen LogP contribution in [-0.2, 0) is 4.79 Å². The molecule has 1 aromatic heterocycles. The van der Waals surface area contributed by atoms with Gasteiger partial charge in [0.15, 0.2) is 5.16 Å². The summed E-state index contributed by atoms with van der Waals surface area (Å²) in [4.78, 5) is 14.8. The number of carbonyl (C=O) groups is 1.